The molecule has 1 atom stereocenters. The van der Waals surface area contributed by atoms with Crippen LogP contribution in [0, 0.1) is 0 Å². The number of dihydropyridines is 1. The largest absolute Gasteiger partial charge is 0.444 e. The minimum Gasteiger partial charge on any atom is -0.444 e. The average molecular weight is 279 g/mol. The van der Waals surface area contributed by atoms with Crippen molar-refractivity contribution in [2.24, 2.45) is 0 Å². The summed E-state index contributed by atoms with van der Waals surface area (Å²) < 4.78 is 5.40. The molecule has 2 heterocycles. The monoisotopic (exact) mass is 279 g/mol. The molecule has 0 aromatic carbocycles. The van der Waals surface area contributed by atoms with E-state index in [4.69, 9.17) is 4.74 Å². The van der Waals surface area contributed by atoms with Crippen molar-refractivity contribution in [3.8, 4) is 0 Å². The number of carbonyl (C=O) groups is 1. The highest BCUT2D eigenvalue weighted by Gasteiger charge is 2.28. The predicted octanol–water partition coefficient (Wildman–Crippen LogP) is 1.93. The van der Waals surface area contributed by atoms with E-state index in [9.17, 15) is 4.79 Å². The summed E-state index contributed by atoms with van der Waals surface area (Å²) in [5.74, 6) is 0. The van der Waals surface area contributed by atoms with Gasteiger partial charge in [-0.05, 0) is 39.3 Å². The Labute approximate surface area is 121 Å². The summed E-state index contributed by atoms with van der Waals surface area (Å²) in [5.41, 5.74) is 0.804. The SMILES string of the molecule is CC1=CNC(N2CCN(C(=O)OC(C)(C)C)CC2)C=C1. The second-order valence-corrected chi connectivity index (χ2v) is 6.36. The van der Waals surface area contributed by atoms with Crippen LogP contribution in [0.25, 0.3) is 0 Å². The number of rotatable bonds is 1. The molecule has 1 N–H and O–H groups in total. The Bertz CT molecular complexity index is 415. The maximum Gasteiger partial charge on any atom is 0.410 e. The Morgan fingerprint density at radius 1 is 1.30 bits per heavy atom. The van der Waals surface area contributed by atoms with Gasteiger partial charge >= 0.3 is 6.09 Å². The minimum absolute atomic E-state index is 0.208. The van der Waals surface area contributed by atoms with Gasteiger partial charge in [0, 0.05) is 32.4 Å². The standard InChI is InChI=1S/C15H25N3O2/c1-12-5-6-13(16-11-12)17-7-9-18(10-8-17)14(19)20-15(2,3)4/h5-6,11,13,16H,7-10H2,1-4H3. The van der Waals surface area contributed by atoms with Crippen LogP contribution in [0.15, 0.2) is 23.9 Å². The van der Waals surface area contributed by atoms with Crippen LogP contribution in [0.2, 0.25) is 0 Å². The van der Waals surface area contributed by atoms with Crippen molar-refractivity contribution in [2.45, 2.75) is 39.5 Å². The number of hydrogen-bond donors (Lipinski definition) is 1. The van der Waals surface area contributed by atoms with E-state index in [1.165, 1.54) is 5.57 Å². The number of nitrogens with one attached hydrogen (secondary N) is 1. The Kier molecular flexibility index (Phi) is 4.38. The lowest BCUT2D eigenvalue weighted by molar-refractivity contribution is 0.0114. The number of hydrogen-bond acceptors (Lipinski definition) is 4. The highest BCUT2D eigenvalue weighted by atomic mass is 16.6. The molecule has 0 spiro atoms. The smallest absolute Gasteiger partial charge is 0.410 e. The van der Waals surface area contributed by atoms with Crippen molar-refractivity contribution < 1.29 is 9.53 Å². The molecule has 0 saturated carbocycles. The summed E-state index contributed by atoms with van der Waals surface area (Å²) in [7, 11) is 0. The second-order valence-electron chi connectivity index (χ2n) is 6.36. The number of ether oxygens (including phenoxy) is 1. The number of nitrogens with zero attached hydrogens (tertiary/aromatic N) is 2. The topological polar surface area (TPSA) is 44.8 Å². The quantitative estimate of drug-likeness (QED) is 0.796. The molecule has 2 rings (SSSR count). The molecule has 2 aliphatic heterocycles. The molecule has 2 aliphatic rings. The normalized spacial score (nSPS) is 24.1. The van der Waals surface area contributed by atoms with E-state index >= 15 is 0 Å². The molecule has 1 unspecified atom stereocenters. The first-order valence-electron chi connectivity index (χ1n) is 7.18. The third kappa shape index (κ3) is 4.00. The van der Waals surface area contributed by atoms with E-state index in [-0.39, 0.29) is 12.3 Å². The Hall–Kier alpha value is -1.49. The number of amides is 1. The fourth-order valence-electron chi connectivity index (χ4n) is 2.30. The zero-order valence-corrected chi connectivity index (χ0v) is 12.8. The molecular formula is C15H25N3O2. The average Bonchev–Trinajstić information content (AvgIpc) is 2.38. The number of carbonyl (C=O) groups excluding carboxylic acids is 1. The van der Waals surface area contributed by atoms with Crippen LogP contribution in [0.5, 0.6) is 0 Å². The number of piperazine rings is 1. The van der Waals surface area contributed by atoms with E-state index < -0.39 is 5.60 Å². The lowest BCUT2D eigenvalue weighted by atomic mass is 10.2. The fourth-order valence-corrected chi connectivity index (χ4v) is 2.30. The van der Waals surface area contributed by atoms with Gasteiger partial charge in [0.05, 0.1) is 6.17 Å². The van der Waals surface area contributed by atoms with Crippen molar-refractivity contribution in [1.82, 2.24) is 15.1 Å². The molecule has 0 aromatic heterocycles. The van der Waals surface area contributed by atoms with Crippen LogP contribution >= 0.6 is 0 Å². The molecule has 1 fully saturated rings. The first kappa shape index (κ1) is 14.9. The lowest BCUT2D eigenvalue weighted by Crippen LogP contribution is -2.55. The summed E-state index contributed by atoms with van der Waals surface area (Å²) in [4.78, 5) is 16.1. The van der Waals surface area contributed by atoms with Gasteiger partial charge in [0.2, 0.25) is 0 Å². The van der Waals surface area contributed by atoms with Crippen molar-refractivity contribution in [1.29, 1.82) is 0 Å². The van der Waals surface area contributed by atoms with E-state index in [2.05, 4.69) is 29.3 Å². The zero-order valence-electron chi connectivity index (χ0n) is 12.8. The summed E-state index contributed by atoms with van der Waals surface area (Å²) >= 11 is 0. The summed E-state index contributed by atoms with van der Waals surface area (Å²) in [6, 6.07) is 0. The van der Waals surface area contributed by atoms with Gasteiger partial charge in [0.15, 0.2) is 0 Å². The van der Waals surface area contributed by atoms with E-state index in [1.807, 2.05) is 27.0 Å². The van der Waals surface area contributed by atoms with Crippen LogP contribution in [0.4, 0.5) is 4.79 Å². The Morgan fingerprint density at radius 3 is 2.45 bits per heavy atom. The fraction of sp³-hybridized carbons (Fsp3) is 0.667. The summed E-state index contributed by atoms with van der Waals surface area (Å²) in [5, 5.41) is 3.36. The molecule has 20 heavy (non-hydrogen) atoms. The van der Waals surface area contributed by atoms with Crippen molar-refractivity contribution >= 4 is 6.09 Å². The molecule has 5 heteroatoms. The number of allylic oxidation sites excluding steroid dienone is 2. The minimum atomic E-state index is -0.426. The van der Waals surface area contributed by atoms with E-state index in [0.29, 0.717) is 13.1 Å². The molecular weight excluding hydrogens is 254 g/mol. The van der Waals surface area contributed by atoms with Crippen LogP contribution in [-0.4, -0.2) is 53.8 Å². The molecule has 0 aromatic rings. The lowest BCUT2D eigenvalue weighted by Gasteiger charge is -2.39. The summed E-state index contributed by atoms with van der Waals surface area (Å²) in [6.45, 7) is 10.9. The van der Waals surface area contributed by atoms with Crippen LogP contribution in [0.3, 0.4) is 0 Å². The molecule has 1 saturated heterocycles. The maximum atomic E-state index is 12.0. The van der Waals surface area contributed by atoms with Crippen LogP contribution in [0.1, 0.15) is 27.7 Å². The van der Waals surface area contributed by atoms with Gasteiger partial charge in [-0.15, -0.1) is 0 Å². The first-order chi connectivity index (χ1) is 9.35. The van der Waals surface area contributed by atoms with E-state index in [0.717, 1.165) is 13.1 Å². The van der Waals surface area contributed by atoms with Gasteiger partial charge in [-0.3, -0.25) is 4.90 Å². The highest BCUT2D eigenvalue weighted by molar-refractivity contribution is 5.68. The Morgan fingerprint density at radius 2 is 1.95 bits per heavy atom. The van der Waals surface area contributed by atoms with Gasteiger partial charge < -0.3 is 15.0 Å². The maximum absolute atomic E-state index is 12.0. The van der Waals surface area contributed by atoms with Gasteiger partial charge in [0.1, 0.15) is 5.60 Å². The van der Waals surface area contributed by atoms with Gasteiger partial charge in [0.25, 0.3) is 0 Å². The first-order valence-corrected chi connectivity index (χ1v) is 7.18. The van der Waals surface area contributed by atoms with Gasteiger partial charge in [-0.2, -0.15) is 0 Å². The van der Waals surface area contributed by atoms with Crippen LogP contribution in [-0.2, 0) is 4.74 Å². The van der Waals surface area contributed by atoms with Crippen LogP contribution < -0.4 is 5.32 Å². The van der Waals surface area contributed by atoms with Gasteiger partial charge in [-0.25, -0.2) is 4.79 Å². The molecule has 0 aliphatic carbocycles. The van der Waals surface area contributed by atoms with Crippen molar-refractivity contribution in [3.05, 3.63) is 23.9 Å². The van der Waals surface area contributed by atoms with Crippen molar-refractivity contribution in [3.63, 3.8) is 0 Å². The molecule has 112 valence electrons. The Balaban J connectivity index is 1.81. The molecule has 1 amide bonds. The molecule has 0 radical (unpaired) electrons. The third-order valence-corrected chi connectivity index (χ3v) is 3.38. The molecule has 0 bridgehead atoms. The zero-order chi connectivity index (χ0) is 14.8. The van der Waals surface area contributed by atoms with Crippen molar-refractivity contribution in [2.75, 3.05) is 26.2 Å². The summed E-state index contributed by atoms with van der Waals surface area (Å²) in [6.07, 6.45) is 6.35. The molecule has 5 nitrogen and oxygen atoms in total. The van der Waals surface area contributed by atoms with E-state index in [1.54, 1.807) is 4.90 Å². The second kappa shape index (κ2) is 5.87. The third-order valence-electron chi connectivity index (χ3n) is 3.38. The predicted molar refractivity (Wildman–Crippen MR) is 79.2 cm³/mol. The van der Waals surface area contributed by atoms with Gasteiger partial charge in [-0.1, -0.05) is 6.08 Å². The highest BCUT2D eigenvalue weighted by Crippen LogP contribution is 2.14.